The highest BCUT2D eigenvalue weighted by atomic mass is 16.6. The number of non-ortho nitro benzene ring substituents is 1. The molecule has 3 rings (SSSR count). The summed E-state index contributed by atoms with van der Waals surface area (Å²) in [5.41, 5.74) is 0.101. The highest BCUT2D eigenvalue weighted by Gasteiger charge is 2.28. The SMILES string of the molecule is O=C1NC(=O)C(=Cc2ccc(-c3cccc([N+](=O)[O-])c3)o2)C(=O)N1. The Labute approximate surface area is 134 Å². The first kappa shape index (κ1) is 15.2. The normalized spacial score (nSPS) is 14.2. The molecule has 1 saturated heterocycles. The van der Waals surface area contributed by atoms with Gasteiger partial charge in [0.25, 0.3) is 17.5 Å². The fraction of sp³-hybridized carbons (Fsp3) is 0. The van der Waals surface area contributed by atoms with E-state index in [4.69, 9.17) is 4.42 Å². The molecule has 0 radical (unpaired) electrons. The minimum atomic E-state index is -0.890. The first-order valence-electron chi connectivity index (χ1n) is 6.67. The van der Waals surface area contributed by atoms with Gasteiger partial charge in [0.1, 0.15) is 17.1 Å². The number of amides is 4. The van der Waals surface area contributed by atoms with Crippen LogP contribution in [0.3, 0.4) is 0 Å². The molecule has 120 valence electrons. The van der Waals surface area contributed by atoms with E-state index >= 15 is 0 Å². The molecule has 0 atom stereocenters. The van der Waals surface area contributed by atoms with Gasteiger partial charge in [-0.05, 0) is 18.2 Å². The molecule has 1 aromatic carbocycles. The second kappa shape index (κ2) is 5.80. The number of barbiturate groups is 1. The Kier molecular flexibility index (Phi) is 3.66. The summed E-state index contributed by atoms with van der Waals surface area (Å²) in [6.07, 6.45) is 1.18. The lowest BCUT2D eigenvalue weighted by Crippen LogP contribution is -2.51. The molecule has 0 aliphatic carbocycles. The molecular formula is C15H9N3O6. The number of carbonyl (C=O) groups is 3. The molecule has 1 aliphatic rings. The fourth-order valence-electron chi connectivity index (χ4n) is 2.11. The zero-order valence-electron chi connectivity index (χ0n) is 11.9. The van der Waals surface area contributed by atoms with Crippen molar-refractivity contribution in [1.82, 2.24) is 10.6 Å². The lowest BCUT2D eigenvalue weighted by molar-refractivity contribution is -0.384. The van der Waals surface area contributed by atoms with Gasteiger partial charge in [-0.1, -0.05) is 12.1 Å². The first-order valence-corrected chi connectivity index (χ1v) is 6.67. The molecule has 2 N–H and O–H groups in total. The molecular weight excluding hydrogens is 318 g/mol. The second-order valence-corrected chi connectivity index (χ2v) is 4.80. The van der Waals surface area contributed by atoms with E-state index in [0.717, 1.165) is 0 Å². The van der Waals surface area contributed by atoms with Gasteiger partial charge in [0.15, 0.2) is 0 Å². The molecule has 2 aromatic rings. The first-order chi connectivity index (χ1) is 11.4. The Hall–Kier alpha value is -3.75. The Bertz CT molecular complexity index is 889. The van der Waals surface area contributed by atoms with E-state index in [2.05, 4.69) is 0 Å². The maximum Gasteiger partial charge on any atom is 0.328 e. The Morgan fingerprint density at radius 2 is 1.75 bits per heavy atom. The number of benzene rings is 1. The monoisotopic (exact) mass is 327 g/mol. The van der Waals surface area contributed by atoms with Gasteiger partial charge in [-0.3, -0.25) is 30.3 Å². The third-order valence-corrected chi connectivity index (χ3v) is 3.20. The van der Waals surface area contributed by atoms with Gasteiger partial charge >= 0.3 is 6.03 Å². The van der Waals surface area contributed by atoms with Crippen molar-refractivity contribution in [2.24, 2.45) is 0 Å². The minimum Gasteiger partial charge on any atom is -0.457 e. The number of furan rings is 1. The van der Waals surface area contributed by atoms with E-state index in [1.165, 1.54) is 30.3 Å². The van der Waals surface area contributed by atoms with Crippen LogP contribution in [0.2, 0.25) is 0 Å². The predicted octanol–water partition coefficient (Wildman–Crippen LogP) is 1.60. The van der Waals surface area contributed by atoms with E-state index < -0.39 is 22.8 Å². The van der Waals surface area contributed by atoms with Crippen LogP contribution >= 0.6 is 0 Å². The largest absolute Gasteiger partial charge is 0.457 e. The van der Waals surface area contributed by atoms with E-state index in [9.17, 15) is 24.5 Å². The molecule has 9 nitrogen and oxygen atoms in total. The fourth-order valence-corrected chi connectivity index (χ4v) is 2.11. The molecule has 1 aromatic heterocycles. The van der Waals surface area contributed by atoms with Crippen LogP contribution in [0.4, 0.5) is 10.5 Å². The average Bonchev–Trinajstić information content (AvgIpc) is 2.99. The summed E-state index contributed by atoms with van der Waals surface area (Å²) in [5, 5.41) is 14.7. The van der Waals surface area contributed by atoms with Crippen molar-refractivity contribution in [3.8, 4) is 11.3 Å². The Morgan fingerprint density at radius 3 is 2.42 bits per heavy atom. The number of urea groups is 1. The summed E-state index contributed by atoms with van der Waals surface area (Å²) in [6, 6.07) is 7.99. The number of nitro groups is 1. The lowest BCUT2D eigenvalue weighted by atomic mass is 10.1. The molecule has 24 heavy (non-hydrogen) atoms. The average molecular weight is 327 g/mol. The molecule has 1 fully saturated rings. The number of hydrogen-bond donors (Lipinski definition) is 2. The topological polar surface area (TPSA) is 132 Å². The standard InChI is InChI=1S/C15H9N3O6/c19-13-11(14(20)17-15(21)16-13)7-10-4-5-12(24-10)8-2-1-3-9(6-8)18(22)23/h1-7H,(H2,16,17,19,20,21). The van der Waals surface area contributed by atoms with Crippen LogP contribution in [-0.2, 0) is 9.59 Å². The van der Waals surface area contributed by atoms with Crippen LogP contribution in [0.25, 0.3) is 17.4 Å². The Morgan fingerprint density at radius 1 is 1.04 bits per heavy atom. The number of hydrogen-bond acceptors (Lipinski definition) is 6. The van der Waals surface area contributed by atoms with Crippen molar-refractivity contribution in [2.75, 3.05) is 0 Å². The number of carbonyl (C=O) groups excluding carboxylic acids is 3. The van der Waals surface area contributed by atoms with Crippen LogP contribution < -0.4 is 10.6 Å². The van der Waals surface area contributed by atoms with Crippen molar-refractivity contribution in [3.63, 3.8) is 0 Å². The molecule has 0 saturated carbocycles. The van der Waals surface area contributed by atoms with Crippen LogP contribution in [0.15, 0.2) is 46.4 Å². The van der Waals surface area contributed by atoms with Gasteiger partial charge in [0.2, 0.25) is 0 Å². The summed E-state index contributed by atoms with van der Waals surface area (Å²) in [7, 11) is 0. The number of nitro benzene ring substituents is 1. The highest BCUT2D eigenvalue weighted by molar-refractivity contribution is 6.31. The molecule has 2 heterocycles. The second-order valence-electron chi connectivity index (χ2n) is 4.80. The van der Waals surface area contributed by atoms with Crippen molar-refractivity contribution >= 4 is 29.6 Å². The van der Waals surface area contributed by atoms with Crippen LogP contribution in [0.5, 0.6) is 0 Å². The lowest BCUT2D eigenvalue weighted by Gasteiger charge is -2.13. The van der Waals surface area contributed by atoms with Gasteiger partial charge in [-0.25, -0.2) is 4.79 Å². The highest BCUT2D eigenvalue weighted by Crippen LogP contribution is 2.26. The molecule has 1 aliphatic heterocycles. The predicted molar refractivity (Wildman–Crippen MR) is 80.5 cm³/mol. The van der Waals surface area contributed by atoms with Crippen LogP contribution in [0, 0.1) is 10.1 Å². The molecule has 0 unspecified atom stereocenters. The van der Waals surface area contributed by atoms with Gasteiger partial charge in [0.05, 0.1) is 4.92 Å². The van der Waals surface area contributed by atoms with Gasteiger partial charge in [-0.15, -0.1) is 0 Å². The van der Waals surface area contributed by atoms with Gasteiger partial charge < -0.3 is 4.42 Å². The molecule has 0 spiro atoms. The number of nitrogens with zero attached hydrogens (tertiary/aromatic N) is 1. The minimum absolute atomic E-state index is 0.0895. The van der Waals surface area contributed by atoms with Crippen LogP contribution in [-0.4, -0.2) is 22.8 Å². The van der Waals surface area contributed by atoms with Gasteiger partial charge in [0, 0.05) is 17.7 Å². The summed E-state index contributed by atoms with van der Waals surface area (Å²) in [5.74, 6) is -1.15. The molecule has 9 heteroatoms. The smallest absolute Gasteiger partial charge is 0.328 e. The summed E-state index contributed by atoms with van der Waals surface area (Å²) < 4.78 is 5.49. The van der Waals surface area contributed by atoms with E-state index in [-0.39, 0.29) is 17.0 Å². The number of nitrogens with one attached hydrogen (secondary N) is 2. The number of imide groups is 2. The third-order valence-electron chi connectivity index (χ3n) is 3.20. The molecule has 4 amide bonds. The molecule has 0 bridgehead atoms. The van der Waals surface area contributed by atoms with Crippen molar-refractivity contribution in [3.05, 3.63) is 57.8 Å². The van der Waals surface area contributed by atoms with E-state index in [0.29, 0.717) is 11.3 Å². The van der Waals surface area contributed by atoms with Crippen molar-refractivity contribution < 1.29 is 23.7 Å². The third kappa shape index (κ3) is 2.90. The van der Waals surface area contributed by atoms with Crippen molar-refractivity contribution in [1.29, 1.82) is 0 Å². The van der Waals surface area contributed by atoms with E-state index in [1.54, 1.807) is 12.1 Å². The zero-order chi connectivity index (χ0) is 17.3. The maximum atomic E-state index is 11.6. The maximum absolute atomic E-state index is 11.6. The quantitative estimate of drug-likeness (QED) is 0.381. The Balaban J connectivity index is 1.91. The number of rotatable bonds is 3. The van der Waals surface area contributed by atoms with Gasteiger partial charge in [-0.2, -0.15) is 0 Å². The zero-order valence-corrected chi connectivity index (χ0v) is 11.9. The summed E-state index contributed by atoms with van der Waals surface area (Å²) in [4.78, 5) is 44.5. The summed E-state index contributed by atoms with van der Waals surface area (Å²) >= 11 is 0. The van der Waals surface area contributed by atoms with Crippen LogP contribution in [0.1, 0.15) is 5.76 Å². The summed E-state index contributed by atoms with van der Waals surface area (Å²) in [6.45, 7) is 0. The van der Waals surface area contributed by atoms with Crippen molar-refractivity contribution in [2.45, 2.75) is 0 Å². The van der Waals surface area contributed by atoms with E-state index in [1.807, 2.05) is 10.6 Å².